The molecule has 3 aromatic rings. The van der Waals surface area contributed by atoms with E-state index < -0.39 is 30.7 Å². The van der Waals surface area contributed by atoms with Crippen molar-refractivity contribution >= 4 is 0 Å². The largest absolute Gasteiger partial charge is 0.394 e. The zero-order valence-corrected chi connectivity index (χ0v) is 24.3. The molecule has 0 saturated carbocycles. The Balaban J connectivity index is 1.48. The minimum atomic E-state index is -0.630. The van der Waals surface area contributed by atoms with Gasteiger partial charge in [0, 0.05) is 6.61 Å². The molecule has 6 heteroatoms. The number of benzene rings is 3. The first-order chi connectivity index (χ1) is 20.3. The van der Waals surface area contributed by atoms with Gasteiger partial charge in [-0.1, -0.05) is 130 Å². The Hall–Kier alpha value is -2.58. The van der Waals surface area contributed by atoms with Gasteiger partial charge >= 0.3 is 0 Å². The third-order valence-corrected chi connectivity index (χ3v) is 7.41. The summed E-state index contributed by atoms with van der Waals surface area (Å²) in [6.07, 6.45) is 4.27. The van der Waals surface area contributed by atoms with Crippen molar-refractivity contribution in [3.05, 3.63) is 108 Å². The molecule has 0 unspecified atom stereocenters. The van der Waals surface area contributed by atoms with Gasteiger partial charge in [-0.3, -0.25) is 0 Å². The van der Waals surface area contributed by atoms with E-state index in [1.807, 2.05) is 91.0 Å². The van der Waals surface area contributed by atoms with Gasteiger partial charge in [-0.05, 0) is 23.1 Å². The predicted molar refractivity (Wildman–Crippen MR) is 160 cm³/mol. The number of rotatable bonds is 19. The molecular formula is C35H46O6. The van der Waals surface area contributed by atoms with Gasteiger partial charge in [0.1, 0.15) is 24.4 Å². The van der Waals surface area contributed by atoms with Gasteiger partial charge in [0.2, 0.25) is 0 Å². The van der Waals surface area contributed by atoms with Gasteiger partial charge in [0.05, 0.1) is 26.4 Å². The monoisotopic (exact) mass is 562 g/mol. The molecule has 222 valence electrons. The van der Waals surface area contributed by atoms with Crippen molar-refractivity contribution in [2.45, 2.75) is 96.0 Å². The molecule has 0 aliphatic carbocycles. The van der Waals surface area contributed by atoms with Crippen LogP contribution in [0.15, 0.2) is 91.0 Å². The molecule has 6 nitrogen and oxygen atoms in total. The van der Waals surface area contributed by atoms with Crippen molar-refractivity contribution in [2.24, 2.45) is 0 Å². The van der Waals surface area contributed by atoms with Crippen molar-refractivity contribution in [1.29, 1.82) is 0 Å². The summed E-state index contributed by atoms with van der Waals surface area (Å²) < 4.78 is 32.0. The Morgan fingerprint density at radius 1 is 0.634 bits per heavy atom. The molecule has 5 atom stereocenters. The standard InChI is InChI=1S/C35H46O6/c1-2-3-4-5-6-16-23-37-35-34(40-27-30-21-14-9-15-22-30)33(39-26-29-19-12-8-13-20-29)32(41-35)31(24-36)38-25-28-17-10-7-11-18-28/h7-15,17-22,31-36H,2-6,16,23-27H2,1H3/t31-,32-,33+,34-,35-/m1/s1. The molecule has 0 radical (unpaired) electrons. The van der Waals surface area contributed by atoms with Crippen molar-refractivity contribution in [1.82, 2.24) is 0 Å². The summed E-state index contributed by atoms with van der Waals surface area (Å²) >= 11 is 0. The number of hydrogen-bond donors (Lipinski definition) is 1. The highest BCUT2D eigenvalue weighted by molar-refractivity contribution is 5.15. The van der Waals surface area contributed by atoms with E-state index in [2.05, 4.69) is 6.92 Å². The molecule has 1 heterocycles. The Bertz CT molecular complexity index is 1060. The van der Waals surface area contributed by atoms with Crippen LogP contribution < -0.4 is 0 Å². The molecule has 0 spiro atoms. The van der Waals surface area contributed by atoms with Gasteiger partial charge < -0.3 is 28.8 Å². The highest BCUT2D eigenvalue weighted by Gasteiger charge is 2.50. The lowest BCUT2D eigenvalue weighted by molar-refractivity contribution is -0.196. The van der Waals surface area contributed by atoms with Crippen molar-refractivity contribution < 1.29 is 28.8 Å². The van der Waals surface area contributed by atoms with Gasteiger partial charge in [0.25, 0.3) is 0 Å². The average molecular weight is 563 g/mol. The zero-order chi connectivity index (χ0) is 28.5. The van der Waals surface area contributed by atoms with E-state index in [0.29, 0.717) is 26.4 Å². The maximum Gasteiger partial charge on any atom is 0.186 e. The lowest BCUT2D eigenvalue weighted by Gasteiger charge is -2.28. The first-order valence-corrected chi connectivity index (χ1v) is 15.1. The fraction of sp³-hybridized carbons (Fsp3) is 0.486. The van der Waals surface area contributed by atoms with Crippen LogP contribution in [0.3, 0.4) is 0 Å². The first-order valence-electron chi connectivity index (χ1n) is 15.1. The Morgan fingerprint density at radius 3 is 1.71 bits per heavy atom. The van der Waals surface area contributed by atoms with Gasteiger partial charge in [-0.2, -0.15) is 0 Å². The summed E-state index contributed by atoms with van der Waals surface area (Å²) in [5.74, 6) is 0. The lowest BCUT2D eigenvalue weighted by Crippen LogP contribution is -2.44. The average Bonchev–Trinajstić information content (AvgIpc) is 3.37. The Morgan fingerprint density at radius 2 is 1.15 bits per heavy atom. The van der Waals surface area contributed by atoms with Crippen molar-refractivity contribution in [3.63, 3.8) is 0 Å². The molecule has 4 rings (SSSR count). The molecule has 0 amide bonds. The van der Waals surface area contributed by atoms with E-state index in [0.717, 1.165) is 29.5 Å². The maximum absolute atomic E-state index is 10.4. The summed E-state index contributed by atoms with van der Waals surface area (Å²) in [5, 5.41) is 10.4. The quantitative estimate of drug-likeness (QED) is 0.162. The predicted octanol–water partition coefficient (Wildman–Crippen LogP) is 6.84. The van der Waals surface area contributed by atoms with Crippen LogP contribution in [0, 0.1) is 0 Å². The summed E-state index contributed by atoms with van der Waals surface area (Å²) in [7, 11) is 0. The van der Waals surface area contributed by atoms with E-state index in [9.17, 15) is 5.11 Å². The van der Waals surface area contributed by atoms with Crippen LogP contribution >= 0.6 is 0 Å². The third-order valence-electron chi connectivity index (χ3n) is 7.41. The summed E-state index contributed by atoms with van der Waals surface area (Å²) in [5.41, 5.74) is 3.14. The van der Waals surface area contributed by atoms with Crippen LogP contribution in [0.5, 0.6) is 0 Å². The number of aliphatic hydroxyl groups excluding tert-OH is 1. The van der Waals surface area contributed by atoms with E-state index in [1.54, 1.807) is 0 Å². The fourth-order valence-electron chi connectivity index (χ4n) is 5.09. The number of aliphatic hydroxyl groups is 1. The van der Waals surface area contributed by atoms with Crippen LogP contribution in [-0.4, -0.2) is 49.0 Å². The third kappa shape index (κ3) is 10.3. The molecular weight excluding hydrogens is 516 g/mol. The smallest absolute Gasteiger partial charge is 0.186 e. The highest BCUT2D eigenvalue weighted by Crippen LogP contribution is 2.32. The molecule has 1 saturated heterocycles. The minimum absolute atomic E-state index is 0.210. The normalized spacial score (nSPS) is 21.2. The van der Waals surface area contributed by atoms with E-state index >= 15 is 0 Å². The van der Waals surface area contributed by atoms with Gasteiger partial charge in [-0.15, -0.1) is 0 Å². The van der Waals surface area contributed by atoms with E-state index in [4.69, 9.17) is 23.7 Å². The second-order valence-electron chi connectivity index (χ2n) is 10.6. The topological polar surface area (TPSA) is 66.4 Å². The molecule has 0 bridgehead atoms. The summed E-state index contributed by atoms with van der Waals surface area (Å²) in [4.78, 5) is 0. The van der Waals surface area contributed by atoms with Crippen LogP contribution in [0.4, 0.5) is 0 Å². The minimum Gasteiger partial charge on any atom is -0.394 e. The molecule has 1 aliphatic heterocycles. The van der Waals surface area contributed by atoms with Crippen LogP contribution in [0.1, 0.15) is 62.1 Å². The maximum atomic E-state index is 10.4. The number of ether oxygens (including phenoxy) is 5. The van der Waals surface area contributed by atoms with Crippen LogP contribution in [0.2, 0.25) is 0 Å². The second-order valence-corrected chi connectivity index (χ2v) is 10.6. The van der Waals surface area contributed by atoms with Gasteiger partial charge in [0.15, 0.2) is 6.29 Å². The molecule has 1 aliphatic rings. The molecule has 41 heavy (non-hydrogen) atoms. The summed E-state index contributed by atoms with van der Waals surface area (Å²) in [6, 6.07) is 30.1. The van der Waals surface area contributed by atoms with Crippen molar-refractivity contribution in [3.8, 4) is 0 Å². The Labute approximate surface area is 245 Å². The lowest BCUT2D eigenvalue weighted by atomic mass is 10.0. The van der Waals surface area contributed by atoms with E-state index in [1.165, 1.54) is 25.7 Å². The molecule has 1 N–H and O–H groups in total. The molecule has 3 aromatic carbocycles. The van der Waals surface area contributed by atoms with Gasteiger partial charge in [-0.25, -0.2) is 0 Å². The first kappa shape index (κ1) is 31.4. The SMILES string of the molecule is CCCCCCCCO[C@@H]1O[C@H]([C@@H](CO)OCc2ccccc2)[C@H](OCc2ccccc2)[C@H]1OCc1ccccc1. The number of hydrogen-bond acceptors (Lipinski definition) is 6. The second kappa shape index (κ2) is 18.1. The fourth-order valence-corrected chi connectivity index (χ4v) is 5.09. The molecule has 1 fully saturated rings. The van der Waals surface area contributed by atoms with Crippen LogP contribution in [-0.2, 0) is 43.5 Å². The number of unbranched alkanes of at least 4 members (excludes halogenated alkanes) is 5. The summed E-state index contributed by atoms with van der Waals surface area (Å²) in [6.45, 7) is 3.74. The van der Waals surface area contributed by atoms with Crippen molar-refractivity contribution in [2.75, 3.05) is 13.2 Å². The van der Waals surface area contributed by atoms with Crippen LogP contribution in [0.25, 0.3) is 0 Å². The van der Waals surface area contributed by atoms with E-state index in [-0.39, 0.29) is 6.61 Å². The Kier molecular flexibility index (Phi) is 13.8. The molecule has 0 aromatic heterocycles. The highest BCUT2D eigenvalue weighted by atomic mass is 16.7. The zero-order valence-electron chi connectivity index (χ0n) is 24.3.